The van der Waals surface area contributed by atoms with E-state index < -0.39 is 0 Å². The maximum atomic E-state index is 11.6. The normalized spacial score (nSPS) is 10.2. The molecule has 0 bridgehead atoms. The number of carbonyl (C=O) groups excluding carboxylic acids is 1. The predicted octanol–water partition coefficient (Wildman–Crippen LogP) is 2.08. The summed E-state index contributed by atoms with van der Waals surface area (Å²) in [6, 6.07) is 7.27. The first-order valence-electron chi connectivity index (χ1n) is 6.68. The van der Waals surface area contributed by atoms with Crippen molar-refractivity contribution in [2.45, 2.75) is 26.3 Å². The molecule has 0 unspecified atom stereocenters. The summed E-state index contributed by atoms with van der Waals surface area (Å²) < 4.78 is 5.32. The molecule has 1 aromatic rings. The van der Waals surface area contributed by atoms with Crippen LogP contribution in [-0.2, 0) is 11.3 Å². The highest BCUT2D eigenvalue weighted by molar-refractivity contribution is 5.89. The number of amides is 2. The molecule has 1 rings (SSSR count). The van der Waals surface area contributed by atoms with E-state index in [1.165, 1.54) is 0 Å². The number of nitrogens with two attached hydrogens (primary N) is 1. The summed E-state index contributed by atoms with van der Waals surface area (Å²) in [4.78, 5) is 11.6. The zero-order valence-corrected chi connectivity index (χ0v) is 11.4. The van der Waals surface area contributed by atoms with E-state index in [0.29, 0.717) is 19.7 Å². The number of nitrogens with one attached hydrogen (secondary N) is 2. The molecule has 2 amide bonds. The van der Waals surface area contributed by atoms with Crippen LogP contribution in [0.4, 0.5) is 10.5 Å². The standard InChI is InChI=1S/C14H23N3O2/c1-2-9-19-10-3-8-16-14(18)17-13-6-4-12(11-15)5-7-13/h4-7H,2-3,8-11,15H2,1H3,(H2,16,17,18). The summed E-state index contributed by atoms with van der Waals surface area (Å²) in [6.07, 6.45) is 1.84. The fourth-order valence-corrected chi connectivity index (χ4v) is 1.52. The summed E-state index contributed by atoms with van der Waals surface area (Å²) in [5, 5.41) is 5.55. The highest BCUT2D eigenvalue weighted by Crippen LogP contribution is 2.08. The molecule has 5 nitrogen and oxygen atoms in total. The van der Waals surface area contributed by atoms with Crippen molar-refractivity contribution < 1.29 is 9.53 Å². The van der Waals surface area contributed by atoms with Crippen molar-refractivity contribution in [3.63, 3.8) is 0 Å². The van der Waals surface area contributed by atoms with Crippen LogP contribution in [0.25, 0.3) is 0 Å². The molecule has 0 aliphatic carbocycles. The molecule has 5 heteroatoms. The van der Waals surface area contributed by atoms with Crippen LogP contribution < -0.4 is 16.4 Å². The lowest BCUT2D eigenvalue weighted by atomic mass is 10.2. The molecule has 0 heterocycles. The van der Waals surface area contributed by atoms with Crippen molar-refractivity contribution in [3.05, 3.63) is 29.8 Å². The quantitative estimate of drug-likeness (QED) is 0.630. The first kappa shape index (κ1) is 15.5. The largest absolute Gasteiger partial charge is 0.381 e. The molecule has 4 N–H and O–H groups in total. The Morgan fingerprint density at radius 2 is 2.00 bits per heavy atom. The van der Waals surface area contributed by atoms with Crippen LogP contribution in [0.5, 0.6) is 0 Å². The minimum absolute atomic E-state index is 0.198. The van der Waals surface area contributed by atoms with Gasteiger partial charge in [-0.3, -0.25) is 0 Å². The average molecular weight is 265 g/mol. The number of ether oxygens (including phenoxy) is 1. The van der Waals surface area contributed by atoms with Crippen LogP contribution >= 0.6 is 0 Å². The second-order valence-corrected chi connectivity index (χ2v) is 4.25. The minimum Gasteiger partial charge on any atom is -0.381 e. The Labute approximate surface area is 114 Å². The number of carbonyl (C=O) groups is 1. The van der Waals surface area contributed by atoms with Crippen molar-refractivity contribution in [2.24, 2.45) is 5.73 Å². The van der Waals surface area contributed by atoms with E-state index in [-0.39, 0.29) is 6.03 Å². The van der Waals surface area contributed by atoms with E-state index >= 15 is 0 Å². The Balaban J connectivity index is 2.16. The van der Waals surface area contributed by atoms with Crippen LogP contribution in [-0.4, -0.2) is 25.8 Å². The zero-order chi connectivity index (χ0) is 13.9. The summed E-state index contributed by atoms with van der Waals surface area (Å²) in [6.45, 7) is 4.64. The topological polar surface area (TPSA) is 76.4 Å². The van der Waals surface area contributed by atoms with Gasteiger partial charge in [0.2, 0.25) is 0 Å². The lowest BCUT2D eigenvalue weighted by Crippen LogP contribution is -2.30. The number of anilines is 1. The number of urea groups is 1. The molecule has 19 heavy (non-hydrogen) atoms. The van der Waals surface area contributed by atoms with Gasteiger partial charge in [0.25, 0.3) is 0 Å². The van der Waals surface area contributed by atoms with Crippen LogP contribution in [0.1, 0.15) is 25.3 Å². The molecule has 106 valence electrons. The van der Waals surface area contributed by atoms with E-state index in [2.05, 4.69) is 17.6 Å². The van der Waals surface area contributed by atoms with Gasteiger partial charge in [-0.1, -0.05) is 19.1 Å². The number of benzene rings is 1. The van der Waals surface area contributed by atoms with Crippen LogP contribution in [0.2, 0.25) is 0 Å². The van der Waals surface area contributed by atoms with Gasteiger partial charge in [-0.25, -0.2) is 4.79 Å². The third-order valence-corrected chi connectivity index (χ3v) is 2.55. The molecule has 0 aliphatic rings. The molecular weight excluding hydrogens is 242 g/mol. The van der Waals surface area contributed by atoms with Crippen molar-refractivity contribution in [1.29, 1.82) is 0 Å². The second-order valence-electron chi connectivity index (χ2n) is 4.25. The Morgan fingerprint density at radius 3 is 2.63 bits per heavy atom. The van der Waals surface area contributed by atoms with Gasteiger partial charge in [0.05, 0.1) is 0 Å². The van der Waals surface area contributed by atoms with Crippen molar-refractivity contribution in [3.8, 4) is 0 Å². The van der Waals surface area contributed by atoms with E-state index in [1.807, 2.05) is 24.3 Å². The molecule has 0 radical (unpaired) electrons. The lowest BCUT2D eigenvalue weighted by molar-refractivity contribution is 0.132. The molecule has 0 aliphatic heterocycles. The van der Waals surface area contributed by atoms with Crippen molar-refractivity contribution in [2.75, 3.05) is 25.1 Å². The van der Waals surface area contributed by atoms with Gasteiger partial charge in [-0.05, 0) is 30.5 Å². The summed E-state index contributed by atoms with van der Waals surface area (Å²) in [5.41, 5.74) is 7.31. The Hall–Kier alpha value is -1.59. The van der Waals surface area contributed by atoms with Crippen LogP contribution in [0, 0.1) is 0 Å². The first-order chi connectivity index (χ1) is 9.26. The Bertz CT molecular complexity index is 365. The van der Waals surface area contributed by atoms with E-state index in [9.17, 15) is 4.79 Å². The van der Waals surface area contributed by atoms with E-state index in [0.717, 1.165) is 30.7 Å². The summed E-state index contributed by atoms with van der Waals surface area (Å²) >= 11 is 0. The highest BCUT2D eigenvalue weighted by atomic mass is 16.5. The van der Waals surface area contributed by atoms with Gasteiger partial charge >= 0.3 is 6.03 Å². The molecule has 0 spiro atoms. The highest BCUT2D eigenvalue weighted by Gasteiger charge is 2.00. The van der Waals surface area contributed by atoms with Crippen LogP contribution in [0.3, 0.4) is 0 Å². The van der Waals surface area contributed by atoms with Gasteiger partial charge in [0.1, 0.15) is 0 Å². The third kappa shape index (κ3) is 6.79. The second kappa shape index (κ2) is 9.35. The number of rotatable bonds is 8. The van der Waals surface area contributed by atoms with Gasteiger partial charge in [-0.2, -0.15) is 0 Å². The van der Waals surface area contributed by atoms with Gasteiger partial charge < -0.3 is 21.1 Å². The van der Waals surface area contributed by atoms with Crippen molar-refractivity contribution >= 4 is 11.7 Å². The third-order valence-electron chi connectivity index (χ3n) is 2.55. The molecule has 1 aromatic carbocycles. The molecular formula is C14H23N3O2. The fourth-order valence-electron chi connectivity index (χ4n) is 1.52. The maximum Gasteiger partial charge on any atom is 0.319 e. The van der Waals surface area contributed by atoms with Gasteiger partial charge in [-0.15, -0.1) is 0 Å². The maximum absolute atomic E-state index is 11.6. The average Bonchev–Trinajstić information content (AvgIpc) is 2.43. The SMILES string of the molecule is CCCOCCCNC(=O)Nc1ccc(CN)cc1. The fraction of sp³-hybridized carbons (Fsp3) is 0.500. The lowest BCUT2D eigenvalue weighted by Gasteiger charge is -2.08. The Morgan fingerprint density at radius 1 is 1.26 bits per heavy atom. The summed E-state index contributed by atoms with van der Waals surface area (Å²) in [5.74, 6) is 0. The van der Waals surface area contributed by atoms with Crippen molar-refractivity contribution in [1.82, 2.24) is 5.32 Å². The van der Waals surface area contributed by atoms with E-state index in [4.69, 9.17) is 10.5 Å². The Kier molecular flexibility index (Phi) is 7.62. The zero-order valence-electron chi connectivity index (χ0n) is 11.4. The monoisotopic (exact) mass is 265 g/mol. The van der Waals surface area contributed by atoms with Gasteiger partial charge in [0.15, 0.2) is 0 Å². The van der Waals surface area contributed by atoms with Crippen LogP contribution in [0.15, 0.2) is 24.3 Å². The van der Waals surface area contributed by atoms with E-state index in [1.54, 1.807) is 0 Å². The molecule has 0 atom stereocenters. The smallest absolute Gasteiger partial charge is 0.319 e. The molecule has 0 fully saturated rings. The predicted molar refractivity (Wildman–Crippen MR) is 77.1 cm³/mol. The number of hydrogen-bond donors (Lipinski definition) is 3. The van der Waals surface area contributed by atoms with Gasteiger partial charge in [0, 0.05) is 32.0 Å². The molecule has 0 saturated heterocycles. The number of hydrogen-bond acceptors (Lipinski definition) is 3. The minimum atomic E-state index is -0.198. The molecule has 0 saturated carbocycles. The summed E-state index contributed by atoms with van der Waals surface area (Å²) in [7, 11) is 0. The first-order valence-corrected chi connectivity index (χ1v) is 6.68. The molecule has 0 aromatic heterocycles.